The Kier molecular flexibility index (Phi) is 1.84. The van der Waals surface area contributed by atoms with Crippen molar-refractivity contribution in [3.8, 4) is 17.2 Å². The van der Waals surface area contributed by atoms with Crippen LogP contribution in [0.1, 0.15) is 0 Å². The molecule has 1 heterocycles. The fourth-order valence-corrected chi connectivity index (χ4v) is 1.59. The number of benzene rings is 1. The van der Waals surface area contributed by atoms with E-state index < -0.39 is 0 Å². The van der Waals surface area contributed by atoms with E-state index in [1.165, 1.54) is 0 Å². The van der Waals surface area contributed by atoms with Crippen molar-refractivity contribution in [2.24, 2.45) is 0 Å². The summed E-state index contributed by atoms with van der Waals surface area (Å²) >= 11 is 3.35. The Hall–Kier alpha value is -0.900. The summed E-state index contributed by atoms with van der Waals surface area (Å²) in [4.78, 5) is 0. The Morgan fingerprint density at radius 3 is 3.00 bits per heavy atom. The molecule has 0 saturated heterocycles. The molecular formula is C8H7BrO3. The number of ether oxygens (including phenoxy) is 3. The molecule has 3 nitrogen and oxygen atoms in total. The third-order valence-corrected chi connectivity index (χ3v) is 2.27. The van der Waals surface area contributed by atoms with Crippen LogP contribution in [-0.2, 0) is 0 Å². The van der Waals surface area contributed by atoms with Crippen molar-refractivity contribution < 1.29 is 14.2 Å². The molecule has 0 aromatic heterocycles. The Labute approximate surface area is 78.4 Å². The second kappa shape index (κ2) is 2.86. The molecule has 0 aliphatic carbocycles. The van der Waals surface area contributed by atoms with Crippen molar-refractivity contribution >= 4 is 15.9 Å². The fraction of sp³-hybridized carbons (Fsp3) is 0.250. The zero-order valence-electron chi connectivity index (χ0n) is 6.46. The van der Waals surface area contributed by atoms with Gasteiger partial charge in [0, 0.05) is 0 Å². The van der Waals surface area contributed by atoms with Gasteiger partial charge in [-0.1, -0.05) is 0 Å². The summed E-state index contributed by atoms with van der Waals surface area (Å²) in [6, 6.07) is 3.71. The highest BCUT2D eigenvalue weighted by molar-refractivity contribution is 9.10. The minimum atomic E-state index is 0.266. The SMILES string of the molecule is COc1c(Br)ccc2c1OCO2. The zero-order chi connectivity index (χ0) is 8.55. The van der Waals surface area contributed by atoms with Crippen LogP contribution in [0.3, 0.4) is 0 Å². The van der Waals surface area contributed by atoms with Gasteiger partial charge in [0.1, 0.15) is 0 Å². The molecule has 0 amide bonds. The molecule has 1 aromatic carbocycles. The van der Waals surface area contributed by atoms with E-state index in [0.29, 0.717) is 11.5 Å². The first kappa shape index (κ1) is 7.73. The molecule has 64 valence electrons. The summed E-state index contributed by atoms with van der Waals surface area (Å²) in [5.41, 5.74) is 0. The van der Waals surface area contributed by atoms with Gasteiger partial charge in [-0.15, -0.1) is 0 Å². The summed E-state index contributed by atoms with van der Waals surface area (Å²) < 4.78 is 16.4. The Bertz CT molecular complexity index is 311. The number of hydrogen-bond donors (Lipinski definition) is 0. The van der Waals surface area contributed by atoms with Crippen molar-refractivity contribution in [1.82, 2.24) is 0 Å². The van der Waals surface area contributed by atoms with Crippen LogP contribution in [0.4, 0.5) is 0 Å². The third kappa shape index (κ3) is 1.03. The Balaban J connectivity index is 2.57. The van der Waals surface area contributed by atoms with Crippen LogP contribution in [0.15, 0.2) is 16.6 Å². The van der Waals surface area contributed by atoms with Crippen molar-refractivity contribution in [1.29, 1.82) is 0 Å². The van der Waals surface area contributed by atoms with Gasteiger partial charge in [-0.05, 0) is 28.1 Å². The van der Waals surface area contributed by atoms with E-state index in [9.17, 15) is 0 Å². The summed E-state index contributed by atoms with van der Waals surface area (Å²) in [5, 5.41) is 0. The second-order valence-corrected chi connectivity index (χ2v) is 3.17. The number of halogens is 1. The standard InChI is InChI=1S/C8H7BrO3/c1-10-7-5(9)2-3-6-8(7)12-4-11-6/h2-3H,4H2,1H3. The molecule has 0 atom stereocenters. The van der Waals surface area contributed by atoms with Crippen molar-refractivity contribution in [2.45, 2.75) is 0 Å². The maximum atomic E-state index is 5.22. The largest absolute Gasteiger partial charge is 0.492 e. The lowest BCUT2D eigenvalue weighted by Gasteiger charge is -2.05. The maximum Gasteiger partial charge on any atom is 0.231 e. The Morgan fingerprint density at radius 2 is 2.25 bits per heavy atom. The molecule has 0 spiro atoms. The number of methoxy groups -OCH3 is 1. The lowest BCUT2D eigenvalue weighted by Crippen LogP contribution is -1.94. The van der Waals surface area contributed by atoms with E-state index in [1.54, 1.807) is 7.11 Å². The fourth-order valence-electron chi connectivity index (χ4n) is 1.11. The first-order valence-corrected chi connectivity index (χ1v) is 4.24. The summed E-state index contributed by atoms with van der Waals surface area (Å²) in [7, 11) is 1.60. The topological polar surface area (TPSA) is 27.7 Å². The molecule has 0 fully saturated rings. The van der Waals surface area contributed by atoms with E-state index >= 15 is 0 Å². The van der Waals surface area contributed by atoms with Gasteiger partial charge in [0.2, 0.25) is 12.5 Å². The van der Waals surface area contributed by atoms with Crippen molar-refractivity contribution in [3.05, 3.63) is 16.6 Å². The van der Waals surface area contributed by atoms with Gasteiger partial charge >= 0.3 is 0 Å². The Morgan fingerprint density at radius 1 is 1.42 bits per heavy atom. The zero-order valence-corrected chi connectivity index (χ0v) is 8.05. The van der Waals surface area contributed by atoms with Gasteiger partial charge in [-0.3, -0.25) is 0 Å². The van der Waals surface area contributed by atoms with Crippen molar-refractivity contribution in [3.63, 3.8) is 0 Å². The van der Waals surface area contributed by atoms with Gasteiger partial charge in [-0.25, -0.2) is 0 Å². The molecule has 0 unspecified atom stereocenters. The third-order valence-electron chi connectivity index (χ3n) is 1.65. The highest BCUT2D eigenvalue weighted by Gasteiger charge is 2.20. The second-order valence-electron chi connectivity index (χ2n) is 2.31. The normalized spacial score (nSPS) is 13.2. The monoisotopic (exact) mass is 230 g/mol. The van der Waals surface area contributed by atoms with Crippen LogP contribution in [-0.4, -0.2) is 13.9 Å². The van der Waals surface area contributed by atoms with Gasteiger partial charge in [0.25, 0.3) is 0 Å². The summed E-state index contributed by atoms with van der Waals surface area (Å²) in [5.74, 6) is 2.09. The molecular weight excluding hydrogens is 224 g/mol. The van der Waals surface area contributed by atoms with E-state index in [2.05, 4.69) is 15.9 Å². The van der Waals surface area contributed by atoms with Crippen LogP contribution in [0.25, 0.3) is 0 Å². The average molecular weight is 231 g/mol. The number of fused-ring (bicyclic) bond motifs is 1. The minimum Gasteiger partial charge on any atom is -0.492 e. The molecule has 0 bridgehead atoms. The highest BCUT2D eigenvalue weighted by atomic mass is 79.9. The van der Waals surface area contributed by atoms with Crippen LogP contribution in [0.2, 0.25) is 0 Å². The molecule has 12 heavy (non-hydrogen) atoms. The quantitative estimate of drug-likeness (QED) is 0.741. The van der Waals surface area contributed by atoms with E-state index in [0.717, 1.165) is 10.2 Å². The van der Waals surface area contributed by atoms with Crippen LogP contribution in [0, 0.1) is 0 Å². The first-order chi connectivity index (χ1) is 5.83. The first-order valence-electron chi connectivity index (χ1n) is 3.45. The maximum absolute atomic E-state index is 5.22. The predicted octanol–water partition coefficient (Wildman–Crippen LogP) is 2.19. The van der Waals surface area contributed by atoms with Crippen LogP contribution < -0.4 is 14.2 Å². The van der Waals surface area contributed by atoms with Crippen LogP contribution >= 0.6 is 15.9 Å². The van der Waals surface area contributed by atoms with Gasteiger partial charge in [-0.2, -0.15) is 0 Å². The lowest BCUT2D eigenvalue weighted by atomic mass is 10.3. The molecule has 0 radical (unpaired) electrons. The van der Waals surface area contributed by atoms with E-state index in [1.807, 2.05) is 12.1 Å². The summed E-state index contributed by atoms with van der Waals surface area (Å²) in [6.07, 6.45) is 0. The van der Waals surface area contributed by atoms with Gasteiger partial charge < -0.3 is 14.2 Å². The van der Waals surface area contributed by atoms with Gasteiger partial charge in [0.05, 0.1) is 11.6 Å². The highest BCUT2D eigenvalue weighted by Crippen LogP contribution is 2.44. The molecule has 1 aromatic rings. The average Bonchev–Trinajstić information content (AvgIpc) is 2.52. The molecule has 0 saturated carbocycles. The molecule has 2 rings (SSSR count). The van der Waals surface area contributed by atoms with E-state index in [-0.39, 0.29) is 6.79 Å². The molecule has 0 N–H and O–H groups in total. The molecule has 1 aliphatic rings. The number of hydrogen-bond acceptors (Lipinski definition) is 3. The molecule has 1 aliphatic heterocycles. The van der Waals surface area contributed by atoms with Gasteiger partial charge in [0.15, 0.2) is 11.5 Å². The van der Waals surface area contributed by atoms with E-state index in [4.69, 9.17) is 14.2 Å². The predicted molar refractivity (Wildman–Crippen MR) is 46.8 cm³/mol. The molecule has 4 heteroatoms. The summed E-state index contributed by atoms with van der Waals surface area (Å²) in [6.45, 7) is 0.266. The smallest absolute Gasteiger partial charge is 0.231 e. The number of rotatable bonds is 1. The van der Waals surface area contributed by atoms with Crippen molar-refractivity contribution in [2.75, 3.05) is 13.9 Å². The minimum absolute atomic E-state index is 0.266. The lowest BCUT2D eigenvalue weighted by molar-refractivity contribution is 0.171. The van der Waals surface area contributed by atoms with Crippen LogP contribution in [0.5, 0.6) is 17.2 Å².